The molecule has 7 heteroatoms. The maximum absolute atomic E-state index is 12.0. The topological polar surface area (TPSA) is 98.7 Å². The zero-order chi connectivity index (χ0) is 16.3. The molecule has 1 heterocycles. The van der Waals surface area contributed by atoms with Crippen molar-refractivity contribution < 1.29 is 19.5 Å². The number of carbonyl (C=O) groups excluding carboxylic acids is 3. The number of rotatable bonds is 7. The molecule has 21 heavy (non-hydrogen) atoms. The smallest absolute Gasteiger partial charge is 0.325 e. The zero-order valence-electron chi connectivity index (χ0n) is 13.2. The van der Waals surface area contributed by atoms with Gasteiger partial charge in [0.1, 0.15) is 5.54 Å². The van der Waals surface area contributed by atoms with Crippen molar-refractivity contribution in [1.82, 2.24) is 15.5 Å². The van der Waals surface area contributed by atoms with Crippen molar-refractivity contribution in [3.8, 4) is 0 Å². The molecule has 1 unspecified atom stereocenters. The zero-order valence-corrected chi connectivity index (χ0v) is 13.2. The largest absolute Gasteiger partial charge is 0.396 e. The number of carbonyl (C=O) groups is 3. The van der Waals surface area contributed by atoms with Crippen molar-refractivity contribution in [2.24, 2.45) is 0 Å². The van der Waals surface area contributed by atoms with Crippen LogP contribution in [-0.4, -0.2) is 52.1 Å². The SMILES string of the molecule is CCC(C)(CCO)NC(=O)CCN1C(=O)NC(C)(C)C1=O. The van der Waals surface area contributed by atoms with E-state index in [1.54, 1.807) is 13.8 Å². The molecule has 0 radical (unpaired) electrons. The summed E-state index contributed by atoms with van der Waals surface area (Å²) in [7, 11) is 0. The van der Waals surface area contributed by atoms with Gasteiger partial charge in [-0.25, -0.2) is 4.79 Å². The number of hydrogen-bond acceptors (Lipinski definition) is 4. The van der Waals surface area contributed by atoms with E-state index in [0.717, 1.165) is 4.90 Å². The van der Waals surface area contributed by atoms with Crippen molar-refractivity contribution in [1.29, 1.82) is 0 Å². The van der Waals surface area contributed by atoms with Gasteiger partial charge in [0.25, 0.3) is 5.91 Å². The van der Waals surface area contributed by atoms with Gasteiger partial charge in [0, 0.05) is 25.1 Å². The van der Waals surface area contributed by atoms with Gasteiger partial charge < -0.3 is 15.7 Å². The average Bonchev–Trinajstić information content (AvgIpc) is 2.57. The van der Waals surface area contributed by atoms with Crippen LogP contribution in [0.2, 0.25) is 0 Å². The molecule has 7 nitrogen and oxygen atoms in total. The van der Waals surface area contributed by atoms with Crippen molar-refractivity contribution in [3.63, 3.8) is 0 Å². The molecule has 120 valence electrons. The number of nitrogens with zero attached hydrogens (tertiary/aromatic N) is 1. The highest BCUT2D eigenvalue weighted by Gasteiger charge is 2.44. The molecule has 0 aliphatic carbocycles. The quantitative estimate of drug-likeness (QED) is 0.592. The van der Waals surface area contributed by atoms with Crippen LogP contribution >= 0.6 is 0 Å². The number of amides is 4. The molecule has 1 aliphatic heterocycles. The number of hydrogen-bond donors (Lipinski definition) is 3. The average molecular weight is 299 g/mol. The monoisotopic (exact) mass is 299 g/mol. The summed E-state index contributed by atoms with van der Waals surface area (Å²) in [5.41, 5.74) is -1.38. The Bertz CT molecular complexity index is 436. The minimum absolute atomic E-state index is 0.00811. The van der Waals surface area contributed by atoms with Gasteiger partial charge in [0.2, 0.25) is 5.91 Å². The molecule has 1 saturated heterocycles. The lowest BCUT2D eigenvalue weighted by atomic mass is 9.94. The third-order valence-corrected chi connectivity index (χ3v) is 3.89. The first-order valence-corrected chi connectivity index (χ1v) is 7.21. The van der Waals surface area contributed by atoms with Crippen molar-refractivity contribution >= 4 is 17.8 Å². The first kappa shape index (κ1) is 17.4. The van der Waals surface area contributed by atoms with Crippen LogP contribution in [0.3, 0.4) is 0 Å². The second-order valence-electron chi connectivity index (χ2n) is 6.20. The summed E-state index contributed by atoms with van der Waals surface area (Å²) in [6.07, 6.45) is 1.21. The molecule has 3 N–H and O–H groups in total. The Labute approximate surface area is 125 Å². The highest BCUT2D eigenvalue weighted by Crippen LogP contribution is 2.17. The lowest BCUT2D eigenvalue weighted by Gasteiger charge is -2.29. The molecule has 0 aromatic rings. The summed E-state index contributed by atoms with van der Waals surface area (Å²) < 4.78 is 0. The standard InChI is InChI=1S/C14H25N3O4/c1-5-14(4,7-9-18)15-10(19)6-8-17-11(20)13(2,3)16-12(17)21/h18H,5-9H2,1-4H3,(H,15,19)(H,16,21). The summed E-state index contributed by atoms with van der Waals surface area (Å²) >= 11 is 0. The lowest BCUT2D eigenvalue weighted by molar-refractivity contribution is -0.130. The van der Waals surface area contributed by atoms with Gasteiger partial charge >= 0.3 is 6.03 Å². The molecular weight excluding hydrogens is 274 g/mol. The van der Waals surface area contributed by atoms with E-state index in [4.69, 9.17) is 5.11 Å². The van der Waals surface area contributed by atoms with E-state index in [9.17, 15) is 14.4 Å². The normalized spacial score (nSPS) is 20.1. The second-order valence-corrected chi connectivity index (χ2v) is 6.20. The molecule has 0 saturated carbocycles. The summed E-state index contributed by atoms with van der Waals surface area (Å²) in [5.74, 6) is -0.563. The van der Waals surface area contributed by atoms with Crippen LogP contribution in [0, 0.1) is 0 Å². The Kier molecular flexibility index (Phi) is 5.33. The molecule has 1 aliphatic rings. The Hall–Kier alpha value is -1.63. The van der Waals surface area contributed by atoms with E-state index in [0.29, 0.717) is 12.8 Å². The van der Waals surface area contributed by atoms with Crippen LogP contribution < -0.4 is 10.6 Å². The maximum atomic E-state index is 12.0. The highest BCUT2D eigenvalue weighted by atomic mass is 16.3. The van der Waals surface area contributed by atoms with Gasteiger partial charge in [-0.15, -0.1) is 0 Å². The fourth-order valence-electron chi connectivity index (χ4n) is 2.21. The Morgan fingerprint density at radius 2 is 2.05 bits per heavy atom. The molecule has 0 aromatic heterocycles. The fraction of sp³-hybridized carbons (Fsp3) is 0.786. The van der Waals surface area contributed by atoms with Gasteiger partial charge in [0.15, 0.2) is 0 Å². The van der Waals surface area contributed by atoms with Crippen LogP contribution in [0.4, 0.5) is 4.79 Å². The van der Waals surface area contributed by atoms with Gasteiger partial charge in [-0.3, -0.25) is 14.5 Å². The van der Waals surface area contributed by atoms with Crippen molar-refractivity contribution in [2.75, 3.05) is 13.2 Å². The fourth-order valence-corrected chi connectivity index (χ4v) is 2.21. The van der Waals surface area contributed by atoms with E-state index >= 15 is 0 Å². The molecular formula is C14H25N3O4. The number of aliphatic hydroxyl groups is 1. The Morgan fingerprint density at radius 3 is 2.48 bits per heavy atom. The van der Waals surface area contributed by atoms with Crippen LogP contribution in [0.1, 0.15) is 47.0 Å². The van der Waals surface area contributed by atoms with Gasteiger partial charge in [0.05, 0.1) is 0 Å². The molecule has 1 atom stereocenters. The van der Waals surface area contributed by atoms with Crippen molar-refractivity contribution in [3.05, 3.63) is 0 Å². The predicted molar refractivity (Wildman–Crippen MR) is 77.5 cm³/mol. The van der Waals surface area contributed by atoms with Crippen LogP contribution in [-0.2, 0) is 9.59 Å². The predicted octanol–water partition coefficient (Wildman–Crippen LogP) is 0.374. The third kappa shape index (κ3) is 4.17. The third-order valence-electron chi connectivity index (χ3n) is 3.89. The summed E-state index contributed by atoms with van der Waals surface area (Å²) in [6, 6.07) is -0.466. The summed E-state index contributed by atoms with van der Waals surface area (Å²) in [4.78, 5) is 36.7. The molecule has 1 rings (SSSR count). The molecule has 0 bridgehead atoms. The summed E-state index contributed by atoms with van der Waals surface area (Å²) in [6.45, 7) is 7.09. The van der Waals surface area contributed by atoms with E-state index < -0.39 is 17.1 Å². The Morgan fingerprint density at radius 1 is 1.43 bits per heavy atom. The van der Waals surface area contributed by atoms with E-state index in [1.165, 1.54) is 0 Å². The first-order valence-electron chi connectivity index (χ1n) is 7.21. The molecule has 4 amide bonds. The number of nitrogens with one attached hydrogen (secondary N) is 2. The lowest BCUT2D eigenvalue weighted by Crippen LogP contribution is -2.47. The highest BCUT2D eigenvalue weighted by molar-refractivity contribution is 6.06. The molecule has 1 fully saturated rings. The van der Waals surface area contributed by atoms with Gasteiger partial charge in [-0.05, 0) is 33.6 Å². The van der Waals surface area contributed by atoms with Crippen molar-refractivity contribution in [2.45, 2.75) is 58.0 Å². The number of imide groups is 1. The minimum atomic E-state index is -0.914. The van der Waals surface area contributed by atoms with E-state index in [2.05, 4.69) is 10.6 Å². The van der Waals surface area contributed by atoms with E-state index in [-0.39, 0.29) is 31.4 Å². The Balaban J connectivity index is 2.54. The molecule has 0 spiro atoms. The van der Waals surface area contributed by atoms with Gasteiger partial charge in [-0.1, -0.05) is 6.92 Å². The maximum Gasteiger partial charge on any atom is 0.325 e. The van der Waals surface area contributed by atoms with Crippen LogP contribution in [0.15, 0.2) is 0 Å². The second kappa shape index (κ2) is 6.43. The molecule has 0 aromatic carbocycles. The summed E-state index contributed by atoms with van der Waals surface area (Å²) in [5, 5.41) is 14.4. The first-order chi connectivity index (χ1) is 9.65. The van der Waals surface area contributed by atoms with Crippen LogP contribution in [0.5, 0.6) is 0 Å². The van der Waals surface area contributed by atoms with E-state index in [1.807, 2.05) is 13.8 Å². The van der Waals surface area contributed by atoms with Gasteiger partial charge in [-0.2, -0.15) is 0 Å². The number of aliphatic hydroxyl groups excluding tert-OH is 1. The van der Waals surface area contributed by atoms with Crippen LogP contribution in [0.25, 0.3) is 0 Å². The number of urea groups is 1. The minimum Gasteiger partial charge on any atom is -0.396 e.